The zero-order valence-electron chi connectivity index (χ0n) is 13.3. The van der Waals surface area contributed by atoms with E-state index in [1.165, 1.54) is 14.2 Å². The van der Waals surface area contributed by atoms with Crippen LogP contribution in [0, 0.1) is 0 Å². The van der Waals surface area contributed by atoms with Crippen molar-refractivity contribution in [1.82, 2.24) is 4.90 Å². The predicted molar refractivity (Wildman–Crippen MR) is 91.7 cm³/mol. The van der Waals surface area contributed by atoms with Crippen molar-refractivity contribution in [3.63, 3.8) is 0 Å². The van der Waals surface area contributed by atoms with Crippen LogP contribution >= 0.6 is 23.2 Å². The van der Waals surface area contributed by atoms with Crippen LogP contribution in [-0.2, 0) is 9.47 Å². The van der Waals surface area contributed by atoms with Gasteiger partial charge in [0.25, 0.3) is 11.8 Å². The Kier molecular flexibility index (Phi) is 4.53. The number of carbonyl (C=O) groups excluding carboxylic acids is 2. The quantitative estimate of drug-likeness (QED) is 0.609. The number of benzene rings is 2. The Morgan fingerprint density at radius 3 is 1.75 bits per heavy atom. The van der Waals surface area contributed by atoms with Gasteiger partial charge < -0.3 is 9.47 Å². The molecule has 2 aromatic rings. The Morgan fingerprint density at radius 1 is 0.875 bits per heavy atom. The highest BCUT2D eigenvalue weighted by atomic mass is 35.5. The van der Waals surface area contributed by atoms with Gasteiger partial charge >= 0.3 is 0 Å². The van der Waals surface area contributed by atoms with E-state index in [0.29, 0.717) is 31.9 Å². The van der Waals surface area contributed by atoms with Crippen LogP contribution < -0.4 is 0 Å². The Labute approximate surface area is 149 Å². The number of imide groups is 1. The molecule has 0 spiro atoms. The third-order valence-corrected chi connectivity index (χ3v) is 4.85. The van der Waals surface area contributed by atoms with Crippen LogP contribution in [0.2, 0.25) is 10.0 Å². The number of methoxy groups -OCH3 is 2. The monoisotopic (exact) mass is 367 g/mol. The number of carbonyl (C=O) groups is 2. The highest BCUT2D eigenvalue weighted by molar-refractivity contribution is 6.44. The van der Waals surface area contributed by atoms with Crippen molar-refractivity contribution in [2.45, 2.75) is 19.3 Å². The van der Waals surface area contributed by atoms with E-state index < -0.39 is 24.1 Å². The van der Waals surface area contributed by atoms with Gasteiger partial charge in [0.05, 0.1) is 6.04 Å². The van der Waals surface area contributed by atoms with Crippen LogP contribution in [-0.4, -0.2) is 43.3 Å². The zero-order valence-corrected chi connectivity index (χ0v) is 14.8. The van der Waals surface area contributed by atoms with E-state index in [-0.39, 0.29) is 0 Å². The average Bonchev–Trinajstić information content (AvgIpc) is 2.55. The van der Waals surface area contributed by atoms with E-state index >= 15 is 0 Å². The number of amides is 2. The Bertz CT molecular complexity index is 791. The first-order chi connectivity index (χ1) is 11.4. The fraction of sp³-hybridized carbons (Fsp3) is 0.294. The second kappa shape index (κ2) is 6.33. The van der Waals surface area contributed by atoms with Gasteiger partial charge in [-0.05, 0) is 31.2 Å². The summed E-state index contributed by atoms with van der Waals surface area (Å²) in [6.45, 7) is 1.70. The molecule has 0 N–H and O–H groups in total. The van der Waals surface area contributed by atoms with Gasteiger partial charge in [-0.1, -0.05) is 23.2 Å². The summed E-state index contributed by atoms with van der Waals surface area (Å²) in [6.07, 6.45) is -0.727. The molecular formula is C17H15Cl2NO4. The van der Waals surface area contributed by atoms with Crippen LogP contribution in [0.5, 0.6) is 0 Å². The van der Waals surface area contributed by atoms with Crippen molar-refractivity contribution in [2.75, 3.05) is 14.2 Å². The molecule has 0 bridgehead atoms. The standard InChI is InChI=1S/C17H15Cl2NO4/c1-8(17(23-2)24-3)20-15(21)9-4-6-11(18)14-12(19)7-5-10(13(9)14)16(20)22/h4-8,17H,1-3H3. The van der Waals surface area contributed by atoms with Crippen molar-refractivity contribution < 1.29 is 19.1 Å². The third kappa shape index (κ3) is 2.40. The molecule has 126 valence electrons. The Balaban J connectivity index is 2.23. The van der Waals surface area contributed by atoms with Gasteiger partial charge in [-0.3, -0.25) is 14.5 Å². The second-order valence-corrected chi connectivity index (χ2v) is 6.31. The molecule has 0 aliphatic carbocycles. The summed E-state index contributed by atoms with van der Waals surface area (Å²) in [7, 11) is 2.91. The minimum absolute atomic E-state index is 0.379. The molecule has 5 nitrogen and oxygen atoms in total. The normalized spacial score (nSPS) is 15.5. The van der Waals surface area contributed by atoms with Gasteiger partial charge in [-0.2, -0.15) is 0 Å². The average molecular weight is 368 g/mol. The first-order valence-electron chi connectivity index (χ1n) is 7.26. The van der Waals surface area contributed by atoms with Crippen LogP contribution in [0.1, 0.15) is 27.6 Å². The maximum Gasteiger partial charge on any atom is 0.261 e. The second-order valence-electron chi connectivity index (χ2n) is 5.50. The molecule has 2 aromatic carbocycles. The fourth-order valence-corrected chi connectivity index (χ4v) is 3.67. The smallest absolute Gasteiger partial charge is 0.261 e. The van der Waals surface area contributed by atoms with E-state index in [1.54, 1.807) is 31.2 Å². The minimum Gasteiger partial charge on any atom is -0.354 e. The van der Waals surface area contributed by atoms with E-state index in [9.17, 15) is 9.59 Å². The number of nitrogens with zero attached hydrogens (tertiary/aromatic N) is 1. The van der Waals surface area contributed by atoms with Gasteiger partial charge in [0.2, 0.25) is 0 Å². The van der Waals surface area contributed by atoms with Gasteiger partial charge in [0.1, 0.15) is 0 Å². The number of ether oxygens (including phenoxy) is 2. The lowest BCUT2D eigenvalue weighted by atomic mass is 9.93. The third-order valence-electron chi connectivity index (χ3n) is 4.22. The molecule has 2 amide bonds. The van der Waals surface area contributed by atoms with Crippen LogP contribution in [0.4, 0.5) is 0 Å². The summed E-state index contributed by atoms with van der Waals surface area (Å²) in [5, 5.41) is 1.79. The van der Waals surface area contributed by atoms with Gasteiger partial charge in [0, 0.05) is 46.2 Å². The molecule has 1 aliphatic rings. The largest absolute Gasteiger partial charge is 0.354 e. The van der Waals surface area contributed by atoms with Crippen molar-refractivity contribution in [3.8, 4) is 0 Å². The van der Waals surface area contributed by atoms with E-state index in [2.05, 4.69) is 0 Å². The summed E-state index contributed by atoms with van der Waals surface area (Å²) in [6, 6.07) is 5.82. The maximum absolute atomic E-state index is 12.9. The highest BCUT2D eigenvalue weighted by Crippen LogP contribution is 2.39. The molecule has 3 rings (SSSR count). The lowest BCUT2D eigenvalue weighted by Gasteiger charge is -2.35. The Morgan fingerprint density at radius 2 is 1.33 bits per heavy atom. The Hall–Kier alpha value is -1.66. The van der Waals surface area contributed by atoms with Crippen molar-refractivity contribution in [1.29, 1.82) is 0 Å². The van der Waals surface area contributed by atoms with Crippen molar-refractivity contribution >= 4 is 45.8 Å². The number of hydrogen-bond acceptors (Lipinski definition) is 4. The highest BCUT2D eigenvalue weighted by Gasteiger charge is 2.39. The molecule has 0 radical (unpaired) electrons. The lowest BCUT2D eigenvalue weighted by molar-refractivity contribution is -0.132. The van der Waals surface area contributed by atoms with E-state index in [1.807, 2.05) is 0 Å². The summed E-state index contributed by atoms with van der Waals surface area (Å²) in [5.41, 5.74) is 0.758. The van der Waals surface area contributed by atoms with Crippen molar-refractivity contribution in [2.24, 2.45) is 0 Å². The predicted octanol–water partition coefficient (Wildman–Crippen LogP) is 3.75. The van der Waals surface area contributed by atoms with Gasteiger partial charge in [-0.25, -0.2) is 0 Å². The molecule has 1 unspecified atom stereocenters. The van der Waals surface area contributed by atoms with E-state index in [0.717, 1.165) is 4.90 Å². The molecular weight excluding hydrogens is 353 g/mol. The first-order valence-corrected chi connectivity index (χ1v) is 8.02. The van der Waals surface area contributed by atoms with E-state index in [4.69, 9.17) is 32.7 Å². The maximum atomic E-state index is 12.9. The summed E-state index contributed by atoms with van der Waals surface area (Å²) in [4.78, 5) is 27.0. The van der Waals surface area contributed by atoms with Crippen LogP contribution in [0.3, 0.4) is 0 Å². The van der Waals surface area contributed by atoms with Gasteiger partial charge in [-0.15, -0.1) is 0 Å². The molecule has 0 aromatic heterocycles. The first kappa shape index (κ1) is 17.2. The SMILES string of the molecule is COC(OC)C(C)N1C(=O)c2ccc(Cl)c3c(Cl)ccc(c23)C1=O. The molecule has 7 heteroatoms. The molecule has 1 aliphatic heterocycles. The van der Waals surface area contributed by atoms with Crippen molar-refractivity contribution in [3.05, 3.63) is 45.4 Å². The zero-order chi connectivity index (χ0) is 17.6. The minimum atomic E-state index is -0.727. The fourth-order valence-electron chi connectivity index (χ4n) is 3.10. The molecule has 1 atom stereocenters. The van der Waals surface area contributed by atoms with Gasteiger partial charge in [0.15, 0.2) is 6.29 Å². The summed E-state index contributed by atoms with van der Waals surface area (Å²) >= 11 is 12.4. The number of hydrogen-bond donors (Lipinski definition) is 0. The van der Waals surface area contributed by atoms with Crippen LogP contribution in [0.15, 0.2) is 24.3 Å². The topological polar surface area (TPSA) is 55.8 Å². The molecule has 24 heavy (non-hydrogen) atoms. The lowest BCUT2D eigenvalue weighted by Crippen LogP contribution is -2.51. The number of halogens is 2. The molecule has 0 fully saturated rings. The van der Waals surface area contributed by atoms with Crippen LogP contribution in [0.25, 0.3) is 10.8 Å². The molecule has 0 saturated carbocycles. The molecule has 0 saturated heterocycles. The molecule has 1 heterocycles. The summed E-state index contributed by atoms with van der Waals surface area (Å²) in [5.74, 6) is -0.855. The number of rotatable bonds is 4. The summed E-state index contributed by atoms with van der Waals surface area (Å²) < 4.78 is 10.4.